The average molecular weight is 173 g/mol. The van der Waals surface area contributed by atoms with Gasteiger partial charge in [0.2, 0.25) is 0 Å². The predicted octanol–water partition coefficient (Wildman–Crippen LogP) is 2.31. The lowest BCUT2D eigenvalue weighted by Gasteiger charge is -2.30. The van der Waals surface area contributed by atoms with Gasteiger partial charge in [-0.05, 0) is 12.0 Å². The third-order valence-electron chi connectivity index (χ3n) is 1.95. The Kier molecular flexibility index (Phi) is 2.40. The van der Waals surface area contributed by atoms with Crippen LogP contribution in [0.1, 0.15) is 13.8 Å². The molecule has 0 fully saturated rings. The van der Waals surface area contributed by atoms with Gasteiger partial charge in [0.25, 0.3) is 0 Å². The molecule has 0 amide bonds. The maximum atomic E-state index is 9.63. The van der Waals surface area contributed by atoms with E-state index in [2.05, 4.69) is 0 Å². The molecule has 2 atom stereocenters. The Hall–Kier alpha value is -0.270. The van der Waals surface area contributed by atoms with Crippen LogP contribution in [0.4, 0.5) is 0 Å². The Bertz CT molecular complexity index is 192. The van der Waals surface area contributed by atoms with Crippen LogP contribution in [-0.2, 0) is 0 Å². The van der Waals surface area contributed by atoms with Crippen molar-refractivity contribution >= 4 is 11.6 Å². The van der Waals surface area contributed by atoms with E-state index in [9.17, 15) is 5.11 Å². The zero-order valence-corrected chi connectivity index (χ0v) is 7.55. The molecular weight excluding hydrogens is 160 g/mol. The first-order chi connectivity index (χ1) is 5.04. The monoisotopic (exact) mass is 172 g/mol. The highest BCUT2D eigenvalue weighted by Gasteiger charge is 2.33. The first kappa shape index (κ1) is 8.82. The van der Waals surface area contributed by atoms with Gasteiger partial charge in [0.05, 0.1) is 0 Å². The van der Waals surface area contributed by atoms with E-state index < -0.39 is 5.06 Å². The van der Waals surface area contributed by atoms with Crippen molar-refractivity contribution in [3.05, 3.63) is 24.3 Å². The molecule has 0 bridgehead atoms. The predicted molar refractivity (Wildman–Crippen MR) is 47.4 cm³/mol. The van der Waals surface area contributed by atoms with Gasteiger partial charge in [0.1, 0.15) is 0 Å². The highest BCUT2D eigenvalue weighted by Crippen LogP contribution is 2.33. The van der Waals surface area contributed by atoms with Gasteiger partial charge in [-0.15, -0.1) is 0 Å². The topological polar surface area (TPSA) is 20.2 Å². The van der Waals surface area contributed by atoms with Crippen molar-refractivity contribution in [2.45, 2.75) is 18.9 Å². The van der Waals surface area contributed by atoms with Crippen LogP contribution in [0.2, 0.25) is 0 Å². The molecule has 0 spiro atoms. The number of halogens is 1. The quantitative estimate of drug-likeness (QED) is 0.602. The lowest BCUT2D eigenvalue weighted by atomic mass is 9.87. The molecule has 1 nitrogen and oxygen atoms in total. The fourth-order valence-corrected chi connectivity index (χ4v) is 1.71. The summed E-state index contributed by atoms with van der Waals surface area (Å²) < 4.78 is 0. The van der Waals surface area contributed by atoms with Crippen molar-refractivity contribution in [1.82, 2.24) is 0 Å². The molecule has 0 aromatic carbocycles. The molecule has 62 valence electrons. The Morgan fingerprint density at radius 1 is 1.45 bits per heavy atom. The molecule has 0 saturated carbocycles. The van der Waals surface area contributed by atoms with E-state index >= 15 is 0 Å². The normalized spacial score (nSPS) is 36.6. The molecule has 0 aromatic heterocycles. The average Bonchev–Trinajstić information content (AvgIpc) is 1.85. The van der Waals surface area contributed by atoms with Crippen molar-refractivity contribution in [1.29, 1.82) is 0 Å². The summed E-state index contributed by atoms with van der Waals surface area (Å²) in [6.45, 7) is 4.09. The van der Waals surface area contributed by atoms with Gasteiger partial charge in [-0.2, -0.15) is 0 Å². The molecule has 0 aliphatic heterocycles. The summed E-state index contributed by atoms with van der Waals surface area (Å²) in [6, 6.07) is 0. The van der Waals surface area contributed by atoms with E-state index in [1.165, 1.54) is 0 Å². The third kappa shape index (κ3) is 1.85. The number of rotatable bonds is 1. The minimum Gasteiger partial charge on any atom is -0.371 e. The summed E-state index contributed by atoms with van der Waals surface area (Å²) in [5.74, 6) is 0.382. The lowest BCUT2D eigenvalue weighted by molar-refractivity contribution is 0.108. The third-order valence-corrected chi connectivity index (χ3v) is 2.32. The summed E-state index contributed by atoms with van der Waals surface area (Å²) in [4.78, 5) is 0. The molecule has 0 aromatic rings. The molecular formula is C9H13ClO. The Morgan fingerprint density at radius 2 is 2.09 bits per heavy atom. The van der Waals surface area contributed by atoms with Crippen molar-refractivity contribution in [2.75, 3.05) is 0 Å². The molecule has 1 rings (SSSR count). The van der Waals surface area contributed by atoms with E-state index in [1.807, 2.05) is 26.0 Å². The molecule has 11 heavy (non-hydrogen) atoms. The summed E-state index contributed by atoms with van der Waals surface area (Å²) in [6.07, 6.45) is 7.25. The van der Waals surface area contributed by atoms with Gasteiger partial charge in [-0.3, -0.25) is 0 Å². The van der Waals surface area contributed by atoms with E-state index in [-0.39, 0.29) is 5.92 Å². The first-order valence-corrected chi connectivity index (χ1v) is 4.19. The fourth-order valence-electron chi connectivity index (χ4n) is 1.31. The second-order valence-electron chi connectivity index (χ2n) is 3.24. The van der Waals surface area contributed by atoms with Crippen LogP contribution in [0, 0.1) is 11.8 Å². The van der Waals surface area contributed by atoms with Crippen molar-refractivity contribution in [2.24, 2.45) is 11.8 Å². The van der Waals surface area contributed by atoms with Crippen molar-refractivity contribution in [3.8, 4) is 0 Å². The second-order valence-corrected chi connectivity index (χ2v) is 3.85. The lowest BCUT2D eigenvalue weighted by Crippen LogP contribution is -2.32. The summed E-state index contributed by atoms with van der Waals surface area (Å²) in [5, 5.41) is 8.45. The summed E-state index contributed by atoms with van der Waals surface area (Å²) in [7, 11) is 0. The first-order valence-electron chi connectivity index (χ1n) is 3.81. The molecule has 1 aliphatic carbocycles. The number of aliphatic hydroxyl groups is 1. The Morgan fingerprint density at radius 3 is 2.45 bits per heavy atom. The van der Waals surface area contributed by atoms with Gasteiger partial charge < -0.3 is 5.11 Å². The van der Waals surface area contributed by atoms with Crippen LogP contribution < -0.4 is 0 Å². The van der Waals surface area contributed by atoms with E-state index in [0.29, 0.717) is 5.92 Å². The van der Waals surface area contributed by atoms with Crippen LogP contribution in [0.15, 0.2) is 24.3 Å². The van der Waals surface area contributed by atoms with Crippen LogP contribution in [0.5, 0.6) is 0 Å². The maximum Gasteiger partial charge on any atom is 0.164 e. The van der Waals surface area contributed by atoms with Crippen LogP contribution in [0.25, 0.3) is 0 Å². The van der Waals surface area contributed by atoms with Crippen LogP contribution >= 0.6 is 11.6 Å². The van der Waals surface area contributed by atoms with Crippen molar-refractivity contribution < 1.29 is 5.11 Å². The fraction of sp³-hybridized carbons (Fsp3) is 0.556. The largest absolute Gasteiger partial charge is 0.371 e. The van der Waals surface area contributed by atoms with Crippen LogP contribution in [0.3, 0.4) is 0 Å². The van der Waals surface area contributed by atoms with Gasteiger partial charge in [0, 0.05) is 5.92 Å². The van der Waals surface area contributed by atoms with Gasteiger partial charge in [-0.25, -0.2) is 0 Å². The minimum atomic E-state index is -1.18. The van der Waals surface area contributed by atoms with Gasteiger partial charge in [0.15, 0.2) is 5.06 Å². The smallest absolute Gasteiger partial charge is 0.164 e. The highest BCUT2D eigenvalue weighted by molar-refractivity contribution is 6.24. The SMILES string of the molecule is CC(C)C1C=CC=CC1(O)Cl. The minimum absolute atomic E-state index is 0.0224. The molecule has 0 radical (unpaired) electrons. The molecule has 1 aliphatic rings. The maximum absolute atomic E-state index is 9.63. The number of hydrogen-bond donors (Lipinski definition) is 1. The second kappa shape index (κ2) is 3.00. The van der Waals surface area contributed by atoms with E-state index in [0.717, 1.165) is 0 Å². The van der Waals surface area contributed by atoms with E-state index in [4.69, 9.17) is 11.6 Å². The molecule has 2 heteroatoms. The van der Waals surface area contributed by atoms with Gasteiger partial charge >= 0.3 is 0 Å². The van der Waals surface area contributed by atoms with Crippen LogP contribution in [-0.4, -0.2) is 10.2 Å². The Balaban J connectivity index is 2.80. The van der Waals surface area contributed by atoms with Gasteiger partial charge in [-0.1, -0.05) is 43.7 Å². The molecule has 0 heterocycles. The molecule has 0 saturated heterocycles. The van der Waals surface area contributed by atoms with E-state index in [1.54, 1.807) is 12.2 Å². The number of alkyl halides is 1. The van der Waals surface area contributed by atoms with Crippen molar-refractivity contribution in [3.63, 3.8) is 0 Å². The molecule has 1 N–H and O–H groups in total. The molecule has 2 unspecified atom stereocenters. The Labute approximate surface area is 72.4 Å². The zero-order valence-electron chi connectivity index (χ0n) is 6.79. The highest BCUT2D eigenvalue weighted by atomic mass is 35.5. The number of hydrogen-bond acceptors (Lipinski definition) is 1. The number of allylic oxidation sites excluding steroid dienone is 2. The zero-order chi connectivity index (χ0) is 8.48. The summed E-state index contributed by atoms with van der Waals surface area (Å²) >= 11 is 5.85. The standard InChI is InChI=1S/C9H13ClO/c1-7(2)8-5-3-4-6-9(8,10)11/h3-8,11H,1-2H3. The summed E-state index contributed by atoms with van der Waals surface area (Å²) in [5.41, 5.74) is 0.